The van der Waals surface area contributed by atoms with Crippen molar-refractivity contribution >= 4 is 22.2 Å². The number of aromatic nitrogens is 2. The number of fused-ring (bicyclic) bond motifs is 1. The van der Waals surface area contributed by atoms with E-state index in [4.69, 9.17) is 0 Å². The molecule has 2 aromatic heterocycles. The van der Waals surface area contributed by atoms with Gasteiger partial charge in [0.2, 0.25) is 0 Å². The monoisotopic (exact) mass is 374 g/mol. The average molecular weight is 375 g/mol. The van der Waals surface area contributed by atoms with Crippen LogP contribution in [-0.4, -0.2) is 47.3 Å². The van der Waals surface area contributed by atoms with Gasteiger partial charge in [-0.15, -0.1) is 11.3 Å². The average Bonchev–Trinajstić information content (AvgIpc) is 3.07. The predicted octanol–water partition coefficient (Wildman–Crippen LogP) is 3.58. The summed E-state index contributed by atoms with van der Waals surface area (Å²) in [5.41, 5.74) is 4.85. The molecule has 0 atom stereocenters. The van der Waals surface area contributed by atoms with Crippen LogP contribution < -0.4 is 4.90 Å². The predicted molar refractivity (Wildman–Crippen MR) is 108 cm³/mol. The first-order valence-corrected chi connectivity index (χ1v) is 10.4. The second-order valence-electron chi connectivity index (χ2n) is 7.23. The molecule has 142 valence electrons. The number of nitrogens with zero attached hydrogens (tertiary/aromatic N) is 4. The topological polar surface area (TPSA) is 41.4 Å². The number of likely N-dealkylation sites (N-methyl/N-ethyl adjacent to an activating group) is 1. The van der Waals surface area contributed by atoms with Gasteiger partial charge in [-0.3, -0.25) is 9.48 Å². The Labute approximate surface area is 160 Å². The molecule has 1 amide bonds. The fourth-order valence-corrected chi connectivity index (χ4v) is 5.04. The van der Waals surface area contributed by atoms with Crippen molar-refractivity contribution in [2.75, 3.05) is 31.6 Å². The third kappa shape index (κ3) is 3.65. The van der Waals surface area contributed by atoms with Crippen LogP contribution in [-0.2, 0) is 19.9 Å². The van der Waals surface area contributed by atoms with Crippen LogP contribution in [0, 0.1) is 13.8 Å². The Morgan fingerprint density at radius 2 is 2.12 bits per heavy atom. The van der Waals surface area contributed by atoms with E-state index < -0.39 is 0 Å². The van der Waals surface area contributed by atoms with Crippen molar-refractivity contribution < 1.29 is 4.79 Å². The van der Waals surface area contributed by atoms with Crippen molar-refractivity contribution in [1.82, 2.24) is 14.7 Å². The van der Waals surface area contributed by atoms with E-state index in [2.05, 4.69) is 29.9 Å². The Balaban J connectivity index is 1.71. The van der Waals surface area contributed by atoms with E-state index in [1.54, 1.807) is 11.3 Å². The maximum Gasteiger partial charge on any atom is 0.263 e. The third-order valence-electron chi connectivity index (χ3n) is 5.49. The van der Waals surface area contributed by atoms with E-state index >= 15 is 0 Å². The molecule has 0 spiro atoms. The van der Waals surface area contributed by atoms with Crippen LogP contribution in [0.15, 0.2) is 6.07 Å². The number of carbonyl (C=O) groups excluding carboxylic acids is 1. The summed E-state index contributed by atoms with van der Waals surface area (Å²) in [4.78, 5) is 18.1. The van der Waals surface area contributed by atoms with E-state index in [9.17, 15) is 4.79 Å². The van der Waals surface area contributed by atoms with Crippen LogP contribution in [0.1, 0.15) is 52.0 Å². The van der Waals surface area contributed by atoms with Gasteiger partial charge in [0.05, 0.1) is 15.6 Å². The molecule has 0 aliphatic carbocycles. The van der Waals surface area contributed by atoms with Crippen molar-refractivity contribution in [2.24, 2.45) is 7.05 Å². The Morgan fingerprint density at radius 1 is 1.35 bits per heavy atom. The zero-order chi connectivity index (χ0) is 18.8. The van der Waals surface area contributed by atoms with Gasteiger partial charge in [0.15, 0.2) is 0 Å². The van der Waals surface area contributed by atoms with Crippen molar-refractivity contribution in [1.29, 1.82) is 0 Å². The lowest BCUT2D eigenvalue weighted by atomic mass is 10.1. The molecule has 1 aliphatic heterocycles. The first-order chi connectivity index (χ1) is 12.4. The van der Waals surface area contributed by atoms with E-state index in [-0.39, 0.29) is 5.91 Å². The summed E-state index contributed by atoms with van der Waals surface area (Å²) in [6, 6.07) is 2.13. The molecule has 0 radical (unpaired) electrons. The van der Waals surface area contributed by atoms with Gasteiger partial charge in [-0.1, -0.05) is 0 Å². The van der Waals surface area contributed by atoms with Crippen molar-refractivity contribution in [2.45, 2.75) is 46.5 Å². The van der Waals surface area contributed by atoms with Gasteiger partial charge in [-0.05, 0) is 63.6 Å². The minimum atomic E-state index is 0.137. The summed E-state index contributed by atoms with van der Waals surface area (Å²) in [6.45, 7) is 9.16. The molecule has 1 aliphatic rings. The number of hydrogen-bond acceptors (Lipinski definition) is 4. The minimum absolute atomic E-state index is 0.137. The first-order valence-electron chi connectivity index (χ1n) is 9.54. The van der Waals surface area contributed by atoms with Gasteiger partial charge in [0.25, 0.3) is 5.91 Å². The molecule has 5 nitrogen and oxygen atoms in total. The summed E-state index contributed by atoms with van der Waals surface area (Å²) >= 11 is 1.67. The number of rotatable bonds is 5. The molecule has 0 saturated heterocycles. The highest BCUT2D eigenvalue weighted by Gasteiger charge is 2.22. The fourth-order valence-electron chi connectivity index (χ4n) is 3.74. The summed E-state index contributed by atoms with van der Waals surface area (Å²) < 4.78 is 1.92. The van der Waals surface area contributed by atoms with E-state index in [1.165, 1.54) is 34.7 Å². The lowest BCUT2D eigenvalue weighted by molar-refractivity contribution is 0.0801. The lowest BCUT2D eigenvalue weighted by Gasteiger charge is -2.20. The van der Waals surface area contributed by atoms with Crippen LogP contribution in [0.25, 0.3) is 0 Å². The van der Waals surface area contributed by atoms with Crippen LogP contribution in [0.5, 0.6) is 0 Å². The smallest absolute Gasteiger partial charge is 0.263 e. The Kier molecular flexibility index (Phi) is 5.70. The lowest BCUT2D eigenvalue weighted by Crippen LogP contribution is -2.28. The van der Waals surface area contributed by atoms with Gasteiger partial charge >= 0.3 is 0 Å². The number of thiophene rings is 1. The van der Waals surface area contributed by atoms with Crippen molar-refractivity contribution in [3.05, 3.63) is 33.5 Å². The van der Waals surface area contributed by atoms with Crippen LogP contribution >= 0.6 is 11.3 Å². The Morgan fingerprint density at radius 3 is 2.77 bits per heavy atom. The molecule has 0 fully saturated rings. The minimum Gasteiger partial charge on any atom is -0.363 e. The molecular weight excluding hydrogens is 344 g/mol. The standard InChI is InChI=1S/C20H30N4OS/c1-6-24-11-8-7-9-16-13-18(26-20(16)24)19(25)22(4)12-10-17-14(2)21-23(5)15(17)3/h13H,6-12H2,1-5H3. The van der Waals surface area contributed by atoms with Crippen LogP contribution in [0.2, 0.25) is 0 Å². The summed E-state index contributed by atoms with van der Waals surface area (Å²) in [7, 11) is 3.88. The summed E-state index contributed by atoms with van der Waals surface area (Å²) in [5, 5.41) is 5.78. The van der Waals surface area contributed by atoms with Crippen LogP contribution in [0.4, 0.5) is 5.00 Å². The van der Waals surface area contributed by atoms with E-state index in [1.807, 2.05) is 30.6 Å². The zero-order valence-electron chi connectivity index (χ0n) is 16.6. The molecular formula is C20H30N4OS. The van der Waals surface area contributed by atoms with Crippen molar-refractivity contribution in [3.8, 4) is 0 Å². The Bertz CT molecular complexity index is 792. The molecule has 3 rings (SSSR count). The molecule has 0 bridgehead atoms. The van der Waals surface area contributed by atoms with Gasteiger partial charge in [-0.2, -0.15) is 5.10 Å². The number of amides is 1. The first kappa shape index (κ1) is 19.0. The number of carbonyl (C=O) groups is 1. The number of hydrogen-bond donors (Lipinski definition) is 0. The second-order valence-corrected chi connectivity index (χ2v) is 8.26. The molecule has 0 aromatic carbocycles. The highest BCUT2D eigenvalue weighted by atomic mass is 32.1. The summed E-state index contributed by atoms with van der Waals surface area (Å²) in [6.07, 6.45) is 4.39. The molecule has 0 N–H and O–H groups in total. The molecule has 3 heterocycles. The quantitative estimate of drug-likeness (QED) is 0.803. The number of anilines is 1. The summed E-state index contributed by atoms with van der Waals surface area (Å²) in [5.74, 6) is 0.137. The largest absolute Gasteiger partial charge is 0.363 e. The van der Waals surface area contributed by atoms with Gasteiger partial charge in [0.1, 0.15) is 0 Å². The highest BCUT2D eigenvalue weighted by molar-refractivity contribution is 7.18. The van der Waals surface area contributed by atoms with Crippen LogP contribution in [0.3, 0.4) is 0 Å². The molecule has 2 aromatic rings. The normalized spacial score (nSPS) is 14.3. The SMILES string of the molecule is CCN1CCCCc2cc(C(=O)N(C)CCc3c(C)nn(C)c3C)sc21. The second kappa shape index (κ2) is 7.82. The molecule has 0 saturated carbocycles. The molecule has 0 unspecified atom stereocenters. The highest BCUT2D eigenvalue weighted by Crippen LogP contribution is 2.35. The van der Waals surface area contributed by atoms with E-state index in [0.717, 1.165) is 36.5 Å². The van der Waals surface area contributed by atoms with E-state index in [0.29, 0.717) is 6.54 Å². The van der Waals surface area contributed by atoms with Crippen molar-refractivity contribution in [3.63, 3.8) is 0 Å². The Hall–Kier alpha value is -1.82. The maximum atomic E-state index is 12.9. The molecule has 6 heteroatoms. The third-order valence-corrected chi connectivity index (χ3v) is 6.72. The van der Waals surface area contributed by atoms with Gasteiger partial charge in [-0.25, -0.2) is 0 Å². The maximum absolute atomic E-state index is 12.9. The van der Waals surface area contributed by atoms with Gasteiger partial charge < -0.3 is 9.80 Å². The zero-order valence-corrected chi connectivity index (χ0v) is 17.4. The van der Waals surface area contributed by atoms with Gasteiger partial charge in [0, 0.05) is 39.4 Å². The molecule has 26 heavy (non-hydrogen) atoms. The fraction of sp³-hybridized carbons (Fsp3) is 0.600. The number of aryl methyl sites for hydroxylation is 3.